The van der Waals surface area contributed by atoms with E-state index in [1.165, 1.54) is 0 Å². The van der Waals surface area contributed by atoms with Crippen LogP contribution in [0.3, 0.4) is 0 Å². The van der Waals surface area contributed by atoms with Crippen molar-refractivity contribution in [3.8, 4) is 5.75 Å². The molecule has 7 heteroatoms. The van der Waals surface area contributed by atoms with Crippen molar-refractivity contribution in [2.75, 3.05) is 11.4 Å². The Balaban J connectivity index is 1.56. The molecule has 3 rings (SSSR count). The molecule has 1 aliphatic heterocycles. The number of aromatic nitrogens is 1. The third kappa shape index (κ3) is 3.56. The summed E-state index contributed by atoms with van der Waals surface area (Å²) in [4.78, 5) is 36.9. The average molecular weight is 346 g/mol. The standard InChI is InChI=1S/C17H18N2O4S/c1-12-11-24-17(22)18(12)10-8-16(21)23-14-6-4-13(5-7-14)19-9-2-3-15(19)20/h4-7,11H,2-3,8-10H2,1H3. The van der Waals surface area contributed by atoms with Crippen LogP contribution in [0.15, 0.2) is 34.4 Å². The van der Waals surface area contributed by atoms with E-state index >= 15 is 0 Å². The Hall–Kier alpha value is -2.41. The van der Waals surface area contributed by atoms with Crippen LogP contribution in [0.2, 0.25) is 0 Å². The topological polar surface area (TPSA) is 68.6 Å². The van der Waals surface area contributed by atoms with Gasteiger partial charge in [-0.1, -0.05) is 11.3 Å². The molecule has 1 aromatic carbocycles. The van der Waals surface area contributed by atoms with Crippen LogP contribution in [0.25, 0.3) is 0 Å². The maximum Gasteiger partial charge on any atom is 0.312 e. The quantitative estimate of drug-likeness (QED) is 0.615. The first-order valence-electron chi connectivity index (χ1n) is 7.80. The van der Waals surface area contributed by atoms with Crippen LogP contribution in [0.1, 0.15) is 25.0 Å². The molecule has 0 aliphatic carbocycles. The van der Waals surface area contributed by atoms with Gasteiger partial charge in [-0.2, -0.15) is 0 Å². The van der Waals surface area contributed by atoms with Crippen molar-refractivity contribution in [2.45, 2.75) is 32.7 Å². The molecular formula is C17H18N2O4S. The van der Waals surface area contributed by atoms with Crippen LogP contribution in [0, 0.1) is 6.92 Å². The largest absolute Gasteiger partial charge is 0.426 e. The van der Waals surface area contributed by atoms with Crippen LogP contribution in [-0.2, 0) is 16.1 Å². The summed E-state index contributed by atoms with van der Waals surface area (Å²) in [7, 11) is 0. The predicted octanol–water partition coefficient (Wildman–Crippen LogP) is 2.34. The number of carbonyl (C=O) groups is 2. The number of nitrogens with zero attached hydrogens (tertiary/aromatic N) is 2. The van der Waals surface area contributed by atoms with Crippen molar-refractivity contribution >= 4 is 28.9 Å². The van der Waals surface area contributed by atoms with Crippen molar-refractivity contribution in [2.24, 2.45) is 0 Å². The van der Waals surface area contributed by atoms with E-state index in [0.29, 0.717) is 18.7 Å². The zero-order chi connectivity index (χ0) is 17.1. The molecule has 1 aliphatic rings. The van der Waals surface area contributed by atoms with E-state index in [9.17, 15) is 14.4 Å². The van der Waals surface area contributed by atoms with Crippen molar-refractivity contribution in [3.05, 3.63) is 45.0 Å². The molecule has 1 amide bonds. The van der Waals surface area contributed by atoms with Gasteiger partial charge in [-0.25, -0.2) is 0 Å². The molecule has 6 nitrogen and oxygen atoms in total. The first kappa shape index (κ1) is 16.4. The van der Waals surface area contributed by atoms with Crippen LogP contribution < -0.4 is 14.5 Å². The third-order valence-corrected chi connectivity index (χ3v) is 4.85. The van der Waals surface area contributed by atoms with Gasteiger partial charge in [0.1, 0.15) is 5.75 Å². The fraction of sp³-hybridized carbons (Fsp3) is 0.353. The lowest BCUT2D eigenvalue weighted by atomic mass is 10.3. The van der Waals surface area contributed by atoms with Crippen molar-refractivity contribution in [1.82, 2.24) is 4.57 Å². The minimum absolute atomic E-state index is 0.0695. The van der Waals surface area contributed by atoms with Gasteiger partial charge in [0.15, 0.2) is 0 Å². The second-order valence-corrected chi connectivity index (χ2v) is 6.48. The van der Waals surface area contributed by atoms with E-state index in [1.54, 1.807) is 39.1 Å². The van der Waals surface area contributed by atoms with Gasteiger partial charge >= 0.3 is 10.8 Å². The molecule has 2 aromatic rings. The summed E-state index contributed by atoms with van der Waals surface area (Å²) in [5.41, 5.74) is 1.66. The summed E-state index contributed by atoms with van der Waals surface area (Å²) in [6.07, 6.45) is 1.58. The highest BCUT2D eigenvalue weighted by Crippen LogP contribution is 2.24. The van der Waals surface area contributed by atoms with Gasteiger partial charge in [-0.05, 0) is 37.6 Å². The monoisotopic (exact) mass is 346 g/mol. The van der Waals surface area contributed by atoms with Crippen LogP contribution in [0.5, 0.6) is 5.75 Å². The normalized spacial score (nSPS) is 14.2. The maximum atomic E-state index is 11.9. The lowest BCUT2D eigenvalue weighted by Crippen LogP contribution is -2.23. The molecule has 2 heterocycles. The Kier molecular flexibility index (Phi) is 4.80. The first-order chi connectivity index (χ1) is 11.5. The molecule has 0 bridgehead atoms. The molecular weight excluding hydrogens is 328 g/mol. The molecule has 0 N–H and O–H groups in total. The first-order valence-corrected chi connectivity index (χ1v) is 8.68. The highest BCUT2D eigenvalue weighted by molar-refractivity contribution is 7.07. The number of carbonyl (C=O) groups excluding carboxylic acids is 2. The summed E-state index contributed by atoms with van der Waals surface area (Å²) < 4.78 is 6.85. The predicted molar refractivity (Wildman–Crippen MR) is 91.6 cm³/mol. The highest BCUT2D eigenvalue weighted by Gasteiger charge is 2.21. The summed E-state index contributed by atoms with van der Waals surface area (Å²) in [6.45, 7) is 2.88. The van der Waals surface area contributed by atoms with Gasteiger partial charge in [0.05, 0.1) is 6.42 Å². The number of amides is 1. The smallest absolute Gasteiger partial charge is 0.312 e. The molecule has 1 fully saturated rings. The average Bonchev–Trinajstić information content (AvgIpc) is 3.12. The number of esters is 1. The number of thiazole rings is 1. The van der Waals surface area contributed by atoms with Crippen LogP contribution in [-0.4, -0.2) is 23.0 Å². The van der Waals surface area contributed by atoms with Crippen LogP contribution in [0.4, 0.5) is 5.69 Å². The minimum Gasteiger partial charge on any atom is -0.426 e. The molecule has 0 atom stereocenters. The number of ether oxygens (including phenoxy) is 1. The highest BCUT2D eigenvalue weighted by atomic mass is 32.1. The number of anilines is 1. The number of hydrogen-bond donors (Lipinski definition) is 0. The van der Waals surface area contributed by atoms with E-state index < -0.39 is 5.97 Å². The Labute approximate surface area is 143 Å². The Morgan fingerprint density at radius 3 is 2.58 bits per heavy atom. The molecule has 1 saturated heterocycles. The Morgan fingerprint density at radius 2 is 2.00 bits per heavy atom. The number of aryl methyl sites for hydroxylation is 1. The summed E-state index contributed by atoms with van der Waals surface area (Å²) in [5.74, 6) is 0.165. The molecule has 0 saturated carbocycles. The Bertz CT molecular complexity index is 807. The minimum atomic E-state index is -0.391. The van der Waals surface area contributed by atoms with Crippen LogP contribution >= 0.6 is 11.3 Å². The van der Waals surface area contributed by atoms with Gasteiger partial charge in [0.2, 0.25) is 5.91 Å². The number of rotatable bonds is 5. The number of benzene rings is 1. The second-order valence-electron chi connectivity index (χ2n) is 5.66. The molecule has 0 spiro atoms. The Morgan fingerprint density at radius 1 is 1.25 bits per heavy atom. The van der Waals surface area contributed by atoms with Gasteiger partial charge < -0.3 is 14.2 Å². The van der Waals surface area contributed by atoms with Gasteiger partial charge in [-0.15, -0.1) is 0 Å². The molecule has 0 radical (unpaired) electrons. The second kappa shape index (κ2) is 7.00. The zero-order valence-electron chi connectivity index (χ0n) is 13.4. The lowest BCUT2D eigenvalue weighted by Gasteiger charge is -2.15. The zero-order valence-corrected chi connectivity index (χ0v) is 14.2. The molecule has 0 unspecified atom stereocenters. The fourth-order valence-electron chi connectivity index (χ4n) is 2.68. The number of hydrogen-bond acceptors (Lipinski definition) is 5. The summed E-state index contributed by atoms with van der Waals surface area (Å²) in [6, 6.07) is 6.92. The van der Waals surface area contributed by atoms with Gasteiger partial charge in [0.25, 0.3) is 0 Å². The van der Waals surface area contributed by atoms with E-state index in [-0.39, 0.29) is 17.2 Å². The van der Waals surface area contributed by atoms with Gasteiger partial charge in [-0.3, -0.25) is 14.4 Å². The SMILES string of the molecule is Cc1csc(=O)n1CCC(=O)Oc1ccc(N2CCCC2=O)cc1. The van der Waals surface area contributed by atoms with E-state index in [4.69, 9.17) is 4.74 Å². The maximum absolute atomic E-state index is 11.9. The molecule has 24 heavy (non-hydrogen) atoms. The molecule has 1 aromatic heterocycles. The molecule has 126 valence electrons. The van der Waals surface area contributed by atoms with E-state index in [1.807, 2.05) is 6.92 Å². The summed E-state index contributed by atoms with van der Waals surface area (Å²) >= 11 is 1.12. The fourth-order valence-corrected chi connectivity index (χ4v) is 3.44. The van der Waals surface area contributed by atoms with Gasteiger partial charge in [0, 0.05) is 36.3 Å². The van der Waals surface area contributed by atoms with E-state index in [2.05, 4.69) is 0 Å². The third-order valence-electron chi connectivity index (χ3n) is 3.97. The van der Waals surface area contributed by atoms with Crippen molar-refractivity contribution in [1.29, 1.82) is 0 Å². The summed E-state index contributed by atoms with van der Waals surface area (Å²) in [5, 5.41) is 1.77. The van der Waals surface area contributed by atoms with E-state index in [0.717, 1.165) is 35.7 Å². The van der Waals surface area contributed by atoms with Crippen molar-refractivity contribution < 1.29 is 14.3 Å². The lowest BCUT2D eigenvalue weighted by molar-refractivity contribution is -0.134. The van der Waals surface area contributed by atoms with Crippen molar-refractivity contribution in [3.63, 3.8) is 0 Å².